The third-order valence-corrected chi connectivity index (χ3v) is 4.97. The Morgan fingerprint density at radius 3 is 3.06 bits per heavy atom. The molecule has 4 heteroatoms. The number of likely N-dealkylation sites (tertiary alicyclic amines) is 1. The number of nitrogens with one attached hydrogen (secondary N) is 1. The quantitative estimate of drug-likeness (QED) is 0.837. The summed E-state index contributed by atoms with van der Waals surface area (Å²) in [5.74, 6) is 2.65. The Bertz CT molecular complexity index is 254. The van der Waals surface area contributed by atoms with Gasteiger partial charge in [-0.25, -0.2) is 0 Å². The van der Waals surface area contributed by atoms with E-state index in [0.29, 0.717) is 24.4 Å². The van der Waals surface area contributed by atoms with Crippen LogP contribution in [0.3, 0.4) is 0 Å². The fourth-order valence-corrected chi connectivity index (χ4v) is 3.78. The largest absolute Gasteiger partial charge is 0.340 e. The Morgan fingerprint density at radius 2 is 2.35 bits per heavy atom. The van der Waals surface area contributed by atoms with Gasteiger partial charge in [0.1, 0.15) is 0 Å². The van der Waals surface area contributed by atoms with Gasteiger partial charge in [0.2, 0.25) is 5.91 Å². The maximum atomic E-state index is 12.3. The molecule has 0 aromatic heterocycles. The lowest BCUT2D eigenvalue weighted by atomic mass is 9.99. The van der Waals surface area contributed by atoms with Gasteiger partial charge in [-0.15, -0.1) is 0 Å². The number of piperidine rings is 1. The summed E-state index contributed by atoms with van der Waals surface area (Å²) in [6.07, 6.45) is 5.49. The van der Waals surface area contributed by atoms with Gasteiger partial charge in [0.25, 0.3) is 0 Å². The molecule has 2 heterocycles. The normalized spacial score (nSPS) is 30.3. The molecule has 0 aromatic carbocycles. The minimum atomic E-state index is 0.372. The van der Waals surface area contributed by atoms with Gasteiger partial charge in [0.05, 0.1) is 0 Å². The summed E-state index contributed by atoms with van der Waals surface area (Å²) in [5, 5.41) is 3.45. The van der Waals surface area contributed by atoms with Crippen molar-refractivity contribution in [2.45, 2.75) is 51.1 Å². The predicted molar refractivity (Wildman–Crippen MR) is 73.4 cm³/mol. The third kappa shape index (κ3) is 3.62. The molecule has 3 nitrogen and oxygen atoms in total. The molecule has 0 spiro atoms. The lowest BCUT2D eigenvalue weighted by molar-refractivity contribution is -0.135. The van der Waals surface area contributed by atoms with E-state index in [1.807, 2.05) is 11.8 Å². The summed E-state index contributed by atoms with van der Waals surface area (Å²) in [5.41, 5.74) is 0. The summed E-state index contributed by atoms with van der Waals surface area (Å²) in [7, 11) is 0. The van der Waals surface area contributed by atoms with Gasteiger partial charge < -0.3 is 10.2 Å². The first-order valence-electron chi connectivity index (χ1n) is 6.92. The second-order valence-corrected chi connectivity index (χ2v) is 6.22. The topological polar surface area (TPSA) is 32.3 Å². The first-order valence-corrected chi connectivity index (χ1v) is 8.07. The van der Waals surface area contributed by atoms with Crippen LogP contribution in [0.25, 0.3) is 0 Å². The molecule has 17 heavy (non-hydrogen) atoms. The Morgan fingerprint density at radius 1 is 1.47 bits per heavy atom. The highest BCUT2D eigenvalue weighted by molar-refractivity contribution is 7.99. The van der Waals surface area contributed by atoms with Gasteiger partial charge in [-0.1, -0.05) is 6.92 Å². The van der Waals surface area contributed by atoms with Crippen LogP contribution in [0, 0.1) is 0 Å². The maximum absolute atomic E-state index is 12.3. The number of rotatable bonds is 3. The van der Waals surface area contributed by atoms with Crippen LogP contribution < -0.4 is 5.32 Å². The van der Waals surface area contributed by atoms with Crippen molar-refractivity contribution in [2.75, 3.05) is 24.6 Å². The minimum Gasteiger partial charge on any atom is -0.340 e. The first kappa shape index (κ1) is 13.2. The van der Waals surface area contributed by atoms with Crippen LogP contribution in [0.1, 0.15) is 39.0 Å². The minimum absolute atomic E-state index is 0.372. The van der Waals surface area contributed by atoms with Crippen molar-refractivity contribution in [3.05, 3.63) is 0 Å². The third-order valence-electron chi connectivity index (χ3n) is 3.84. The van der Waals surface area contributed by atoms with Crippen LogP contribution in [0.2, 0.25) is 0 Å². The monoisotopic (exact) mass is 256 g/mol. The molecule has 2 aliphatic heterocycles. The number of thioether (sulfide) groups is 1. The Balaban J connectivity index is 1.84. The van der Waals surface area contributed by atoms with E-state index in [2.05, 4.69) is 17.1 Å². The molecule has 1 N–H and O–H groups in total. The summed E-state index contributed by atoms with van der Waals surface area (Å²) >= 11 is 1.96. The van der Waals surface area contributed by atoms with Crippen molar-refractivity contribution in [3.8, 4) is 0 Å². The van der Waals surface area contributed by atoms with Crippen molar-refractivity contribution in [1.29, 1.82) is 0 Å². The zero-order valence-electron chi connectivity index (χ0n) is 10.8. The van der Waals surface area contributed by atoms with Crippen LogP contribution in [0.4, 0.5) is 0 Å². The number of amides is 1. The number of nitrogens with zero attached hydrogens (tertiary/aromatic N) is 1. The standard InChI is InChI=1S/C13H24N2OS/c1-2-12-5-3-4-7-15(12)13(16)9-11-10-17-8-6-14-11/h11-12,14H,2-10H2,1H3. The van der Waals surface area contributed by atoms with E-state index in [4.69, 9.17) is 0 Å². The average Bonchev–Trinajstić information content (AvgIpc) is 2.40. The molecule has 2 rings (SSSR count). The van der Waals surface area contributed by atoms with Crippen molar-refractivity contribution in [1.82, 2.24) is 10.2 Å². The van der Waals surface area contributed by atoms with Crippen LogP contribution >= 0.6 is 11.8 Å². The maximum Gasteiger partial charge on any atom is 0.224 e. The molecule has 2 fully saturated rings. The van der Waals surface area contributed by atoms with Gasteiger partial charge in [0.15, 0.2) is 0 Å². The molecule has 2 atom stereocenters. The summed E-state index contributed by atoms with van der Waals surface area (Å²) in [6, 6.07) is 0.910. The summed E-state index contributed by atoms with van der Waals surface area (Å²) in [6.45, 7) is 4.24. The molecule has 98 valence electrons. The van der Waals surface area contributed by atoms with Crippen molar-refractivity contribution in [2.24, 2.45) is 0 Å². The van der Waals surface area contributed by atoms with Gasteiger partial charge in [-0.05, 0) is 25.7 Å². The highest BCUT2D eigenvalue weighted by Gasteiger charge is 2.27. The van der Waals surface area contributed by atoms with E-state index in [-0.39, 0.29) is 0 Å². The molecule has 2 aliphatic rings. The van der Waals surface area contributed by atoms with Crippen LogP contribution in [-0.2, 0) is 4.79 Å². The van der Waals surface area contributed by atoms with Crippen LogP contribution in [0.5, 0.6) is 0 Å². The van der Waals surface area contributed by atoms with E-state index in [9.17, 15) is 4.79 Å². The van der Waals surface area contributed by atoms with E-state index < -0.39 is 0 Å². The summed E-state index contributed by atoms with van der Waals surface area (Å²) in [4.78, 5) is 14.5. The second-order valence-electron chi connectivity index (χ2n) is 5.08. The van der Waals surface area contributed by atoms with E-state index in [0.717, 1.165) is 25.3 Å². The Kier molecular flexibility index (Phi) is 5.16. The molecule has 0 aromatic rings. The van der Waals surface area contributed by atoms with E-state index >= 15 is 0 Å². The molecule has 1 amide bonds. The number of carbonyl (C=O) groups excluding carboxylic acids is 1. The van der Waals surface area contributed by atoms with Gasteiger partial charge in [-0.3, -0.25) is 4.79 Å². The molecule has 2 unspecified atom stereocenters. The number of hydrogen-bond acceptors (Lipinski definition) is 3. The molecule has 0 aliphatic carbocycles. The molecular weight excluding hydrogens is 232 g/mol. The first-order chi connectivity index (χ1) is 8.31. The molecular formula is C13H24N2OS. The predicted octanol–water partition coefficient (Wildman–Crippen LogP) is 1.87. The van der Waals surface area contributed by atoms with Gasteiger partial charge >= 0.3 is 0 Å². The van der Waals surface area contributed by atoms with Crippen LogP contribution in [0.15, 0.2) is 0 Å². The fourth-order valence-electron chi connectivity index (χ4n) is 2.83. The van der Waals surface area contributed by atoms with Gasteiger partial charge in [0, 0.05) is 43.1 Å². The van der Waals surface area contributed by atoms with Crippen molar-refractivity contribution in [3.63, 3.8) is 0 Å². The Hall–Kier alpha value is -0.220. The van der Waals surface area contributed by atoms with Crippen LogP contribution in [-0.4, -0.2) is 47.5 Å². The highest BCUT2D eigenvalue weighted by atomic mass is 32.2. The van der Waals surface area contributed by atoms with Crippen molar-refractivity contribution >= 4 is 17.7 Å². The molecule has 0 saturated carbocycles. The van der Waals surface area contributed by atoms with Gasteiger partial charge in [-0.2, -0.15) is 11.8 Å². The van der Waals surface area contributed by atoms with Crippen molar-refractivity contribution < 1.29 is 4.79 Å². The molecule has 0 bridgehead atoms. The lowest BCUT2D eigenvalue weighted by Gasteiger charge is -2.36. The SMILES string of the molecule is CCC1CCCCN1C(=O)CC1CSCCN1. The lowest BCUT2D eigenvalue weighted by Crippen LogP contribution is -2.47. The highest BCUT2D eigenvalue weighted by Crippen LogP contribution is 2.21. The smallest absolute Gasteiger partial charge is 0.224 e. The number of hydrogen-bond donors (Lipinski definition) is 1. The molecule has 0 radical (unpaired) electrons. The fraction of sp³-hybridized carbons (Fsp3) is 0.923. The average molecular weight is 256 g/mol. The number of carbonyl (C=O) groups is 1. The second kappa shape index (κ2) is 6.64. The zero-order valence-corrected chi connectivity index (χ0v) is 11.6. The molecule has 2 saturated heterocycles. The van der Waals surface area contributed by atoms with E-state index in [1.165, 1.54) is 25.0 Å². The van der Waals surface area contributed by atoms with E-state index in [1.54, 1.807) is 0 Å². The Labute approximate surface area is 109 Å². The summed E-state index contributed by atoms with van der Waals surface area (Å²) < 4.78 is 0. The zero-order chi connectivity index (χ0) is 12.1.